The highest BCUT2D eigenvalue weighted by Gasteiger charge is 2.52. The van der Waals surface area contributed by atoms with E-state index in [-0.39, 0.29) is 36.8 Å². The summed E-state index contributed by atoms with van der Waals surface area (Å²) in [6, 6.07) is -0.330. The van der Waals surface area contributed by atoms with Crippen LogP contribution in [-0.4, -0.2) is 155 Å². The van der Waals surface area contributed by atoms with E-state index in [1.165, 1.54) is 14.0 Å². The average Bonchev–Trinajstić information content (AvgIpc) is 3.05. The van der Waals surface area contributed by atoms with Crippen molar-refractivity contribution in [3.8, 4) is 0 Å². The molecule has 3 heterocycles. The predicted molar refractivity (Wildman–Crippen MR) is 197 cm³/mol. The van der Waals surface area contributed by atoms with E-state index < -0.39 is 89.9 Å². The molecule has 52 heavy (non-hydrogen) atoms. The number of likely N-dealkylation sites (N-methyl/N-ethyl adjacent to an activating group) is 1. The van der Waals surface area contributed by atoms with Crippen molar-refractivity contribution in [3.63, 3.8) is 0 Å². The standard InChI is InChI=1S/C39H74N2O11/c1-16-29-39(11,46)32(42)26(7)41(14)20-21(2)18-37(9,45)34(52-36-23(4)28(40(12)13)17-22(3)48-36)24(5)31(25(6)35(44)50-29)51-30-19-38(10,47-15)33(43)27(8)49-30/h21-34,36,42-43,45-46H,16-20H2,1-15H3/t21-,22-,23+,24+,25-,26-,27+,28+,29-,30-,31-,32-,33-,34+,36+,37-,38+,39-/m1/s1. The minimum Gasteiger partial charge on any atom is -0.459 e. The van der Waals surface area contributed by atoms with E-state index in [9.17, 15) is 25.2 Å². The zero-order valence-electron chi connectivity index (χ0n) is 34.7. The molecule has 0 spiro atoms. The van der Waals surface area contributed by atoms with Crippen molar-refractivity contribution in [2.24, 2.45) is 23.7 Å². The number of aliphatic hydroxyl groups excluding tert-OH is 2. The van der Waals surface area contributed by atoms with Crippen molar-refractivity contribution in [2.75, 3.05) is 34.8 Å². The molecule has 0 amide bonds. The molecule has 13 heteroatoms. The first-order valence-electron chi connectivity index (χ1n) is 19.5. The molecule has 3 fully saturated rings. The highest BCUT2D eigenvalue weighted by Crippen LogP contribution is 2.41. The van der Waals surface area contributed by atoms with Gasteiger partial charge in [0, 0.05) is 44.0 Å². The molecule has 3 aliphatic heterocycles. The fraction of sp³-hybridized carbons (Fsp3) is 0.974. The lowest BCUT2D eigenvalue weighted by Gasteiger charge is -2.49. The molecule has 0 bridgehead atoms. The van der Waals surface area contributed by atoms with Crippen LogP contribution in [0.25, 0.3) is 0 Å². The van der Waals surface area contributed by atoms with Gasteiger partial charge in [0.1, 0.15) is 23.9 Å². The number of cyclic esters (lactones) is 1. The maximum atomic E-state index is 14.2. The van der Waals surface area contributed by atoms with Crippen molar-refractivity contribution >= 4 is 5.97 Å². The van der Waals surface area contributed by atoms with Crippen LogP contribution in [0.1, 0.15) is 102 Å². The summed E-state index contributed by atoms with van der Waals surface area (Å²) in [4.78, 5) is 18.4. The molecule has 3 saturated heterocycles. The monoisotopic (exact) mass is 747 g/mol. The molecule has 0 aromatic heterocycles. The Labute approximate surface area is 313 Å². The molecule has 0 aliphatic carbocycles. The maximum absolute atomic E-state index is 14.2. The third kappa shape index (κ3) is 10.1. The number of ether oxygens (including phenoxy) is 6. The van der Waals surface area contributed by atoms with Gasteiger partial charge in [-0.05, 0) is 94.8 Å². The molecule has 306 valence electrons. The van der Waals surface area contributed by atoms with Crippen LogP contribution in [0.4, 0.5) is 0 Å². The number of hydrogen-bond acceptors (Lipinski definition) is 13. The summed E-state index contributed by atoms with van der Waals surface area (Å²) in [5.74, 6) is -2.34. The van der Waals surface area contributed by atoms with Crippen molar-refractivity contribution in [1.29, 1.82) is 0 Å². The summed E-state index contributed by atoms with van der Waals surface area (Å²) in [6.07, 6.45) is -5.73. The van der Waals surface area contributed by atoms with Gasteiger partial charge in [0.05, 0.1) is 41.5 Å². The van der Waals surface area contributed by atoms with E-state index in [2.05, 4.69) is 11.8 Å². The van der Waals surface area contributed by atoms with Gasteiger partial charge in [-0.2, -0.15) is 0 Å². The largest absolute Gasteiger partial charge is 0.459 e. The fourth-order valence-corrected chi connectivity index (χ4v) is 9.06. The van der Waals surface area contributed by atoms with Gasteiger partial charge in [0.15, 0.2) is 12.6 Å². The molecule has 0 unspecified atom stereocenters. The van der Waals surface area contributed by atoms with E-state index in [0.29, 0.717) is 13.0 Å². The molecule has 13 nitrogen and oxygen atoms in total. The Hall–Kier alpha value is -0.970. The third-order valence-corrected chi connectivity index (χ3v) is 12.6. The van der Waals surface area contributed by atoms with Gasteiger partial charge >= 0.3 is 5.97 Å². The summed E-state index contributed by atoms with van der Waals surface area (Å²) in [5.41, 5.74) is -4.20. The number of nitrogens with zero attached hydrogens (tertiary/aromatic N) is 2. The highest BCUT2D eigenvalue weighted by atomic mass is 16.7. The Morgan fingerprint density at radius 3 is 2.10 bits per heavy atom. The number of aliphatic hydroxyl groups is 4. The quantitative estimate of drug-likeness (QED) is 0.282. The molecule has 0 saturated carbocycles. The van der Waals surface area contributed by atoms with Gasteiger partial charge in [-0.3, -0.25) is 4.79 Å². The SMILES string of the molecule is CC[C@H]1OC(=O)[C@H](C)[C@H](O[C@@H]2C[C@](C)(OC)[C@H](O)[C@H](C)O2)[C@H](C)[C@H](O[C@@H]2O[C@H](C)C[C@H](N(C)C)[C@@H]2C)[C@](C)(O)C[C@@H](C)CN(C)[C@H](C)[C@@H](O)[C@]1(C)O. The summed E-state index contributed by atoms with van der Waals surface area (Å²) in [7, 11) is 7.50. The van der Waals surface area contributed by atoms with E-state index in [4.69, 9.17) is 28.4 Å². The molecule has 3 rings (SSSR count). The molecular formula is C39H74N2O11. The number of hydrogen-bond donors (Lipinski definition) is 4. The second kappa shape index (κ2) is 17.9. The van der Waals surface area contributed by atoms with Crippen LogP contribution in [0, 0.1) is 23.7 Å². The Kier molecular flexibility index (Phi) is 15.6. The molecule has 3 aliphatic rings. The zero-order valence-corrected chi connectivity index (χ0v) is 34.7. The Bertz CT molecular complexity index is 1140. The van der Waals surface area contributed by atoms with Crippen LogP contribution in [0.5, 0.6) is 0 Å². The second-order valence-electron chi connectivity index (χ2n) is 17.5. The Morgan fingerprint density at radius 2 is 1.54 bits per heavy atom. The van der Waals surface area contributed by atoms with Gasteiger partial charge in [-0.15, -0.1) is 0 Å². The first-order chi connectivity index (χ1) is 23.9. The molecular weight excluding hydrogens is 672 g/mol. The van der Waals surface area contributed by atoms with E-state index in [1.807, 2.05) is 53.7 Å². The van der Waals surface area contributed by atoms with E-state index in [0.717, 1.165) is 6.42 Å². The second-order valence-corrected chi connectivity index (χ2v) is 17.5. The first kappa shape index (κ1) is 45.4. The van der Waals surface area contributed by atoms with E-state index >= 15 is 0 Å². The van der Waals surface area contributed by atoms with Crippen LogP contribution in [0.3, 0.4) is 0 Å². The summed E-state index contributed by atoms with van der Waals surface area (Å²) < 4.78 is 38.2. The highest BCUT2D eigenvalue weighted by molar-refractivity contribution is 5.73. The Balaban J connectivity index is 2.17. The normalized spacial score (nSPS) is 49.6. The van der Waals surface area contributed by atoms with E-state index in [1.54, 1.807) is 34.6 Å². The van der Waals surface area contributed by atoms with Crippen molar-refractivity contribution < 1.29 is 53.6 Å². The number of methoxy groups -OCH3 is 1. The number of rotatable bonds is 7. The summed E-state index contributed by atoms with van der Waals surface area (Å²) in [5, 5.41) is 46.8. The number of carbonyl (C=O) groups excluding carboxylic acids is 1. The lowest BCUT2D eigenvalue weighted by Crippen LogP contribution is -2.59. The molecule has 0 aromatic carbocycles. The fourth-order valence-electron chi connectivity index (χ4n) is 9.06. The van der Waals surface area contributed by atoms with Crippen molar-refractivity contribution in [2.45, 2.75) is 186 Å². The molecule has 18 atom stereocenters. The summed E-state index contributed by atoms with van der Waals surface area (Å²) >= 11 is 0. The van der Waals surface area contributed by atoms with Gasteiger partial charge in [0.2, 0.25) is 0 Å². The lowest BCUT2D eigenvalue weighted by atomic mass is 9.77. The summed E-state index contributed by atoms with van der Waals surface area (Å²) in [6.45, 7) is 20.7. The topological polar surface area (TPSA) is 160 Å². The third-order valence-electron chi connectivity index (χ3n) is 12.6. The Morgan fingerprint density at radius 1 is 0.923 bits per heavy atom. The van der Waals surface area contributed by atoms with Crippen LogP contribution >= 0.6 is 0 Å². The minimum atomic E-state index is -1.77. The minimum absolute atomic E-state index is 0.0440. The zero-order chi connectivity index (χ0) is 39.7. The van der Waals surface area contributed by atoms with Crippen LogP contribution in [-0.2, 0) is 33.2 Å². The van der Waals surface area contributed by atoms with Crippen LogP contribution < -0.4 is 0 Å². The maximum Gasteiger partial charge on any atom is 0.311 e. The molecule has 0 aromatic rings. The van der Waals surface area contributed by atoms with Crippen molar-refractivity contribution in [3.05, 3.63) is 0 Å². The first-order valence-corrected chi connectivity index (χ1v) is 19.5. The lowest BCUT2D eigenvalue weighted by molar-refractivity contribution is -0.312. The van der Waals surface area contributed by atoms with Gasteiger partial charge in [0.25, 0.3) is 0 Å². The molecule has 4 N–H and O–H groups in total. The number of esters is 1. The smallest absolute Gasteiger partial charge is 0.311 e. The predicted octanol–water partition coefficient (Wildman–Crippen LogP) is 3.18. The molecule has 0 radical (unpaired) electrons. The average molecular weight is 747 g/mol. The van der Waals surface area contributed by atoms with Crippen LogP contribution in [0.2, 0.25) is 0 Å². The van der Waals surface area contributed by atoms with Crippen LogP contribution in [0.15, 0.2) is 0 Å². The van der Waals surface area contributed by atoms with Gasteiger partial charge in [-0.25, -0.2) is 0 Å². The number of carbonyl (C=O) groups is 1. The van der Waals surface area contributed by atoms with Gasteiger partial charge in [-0.1, -0.05) is 27.7 Å². The van der Waals surface area contributed by atoms with Gasteiger partial charge < -0.3 is 58.6 Å². The van der Waals surface area contributed by atoms with Crippen molar-refractivity contribution in [1.82, 2.24) is 9.80 Å².